The van der Waals surface area contributed by atoms with Crippen molar-refractivity contribution in [2.45, 2.75) is 0 Å². The Morgan fingerprint density at radius 1 is 0.615 bits per heavy atom. The minimum absolute atomic E-state index is 0.517. The van der Waals surface area contributed by atoms with Gasteiger partial charge in [-0.05, 0) is 12.1 Å². The van der Waals surface area contributed by atoms with Crippen LogP contribution in [0.15, 0.2) is 58.8 Å². The number of rotatable bonds is 6. The molecule has 0 aliphatic carbocycles. The second-order valence-corrected chi connectivity index (χ2v) is 5.42. The van der Waals surface area contributed by atoms with E-state index in [-0.39, 0.29) is 0 Å². The molecular weight excluding hydrogens is 332 g/mol. The Labute approximate surface area is 152 Å². The second-order valence-electron chi connectivity index (χ2n) is 5.42. The number of fused-ring (bicyclic) bond motifs is 1. The zero-order valence-electron chi connectivity index (χ0n) is 15.1. The van der Waals surface area contributed by atoms with Crippen LogP contribution in [-0.4, -0.2) is 28.4 Å². The molecule has 0 unspecified atom stereocenters. The van der Waals surface area contributed by atoms with Gasteiger partial charge in [0.15, 0.2) is 11.5 Å². The lowest BCUT2D eigenvalue weighted by Gasteiger charge is -2.12. The van der Waals surface area contributed by atoms with E-state index in [1.165, 1.54) is 0 Å². The molecule has 0 saturated carbocycles. The number of hydrogen-bond acceptors (Lipinski definition) is 6. The summed E-state index contributed by atoms with van der Waals surface area (Å²) < 4.78 is 21.4. The predicted molar refractivity (Wildman–Crippen MR) is 101 cm³/mol. The summed E-state index contributed by atoms with van der Waals surface area (Å²) in [7, 11) is 6.34. The van der Waals surface area contributed by atoms with Gasteiger partial charge in [-0.15, -0.1) is 5.11 Å². The average molecular weight is 352 g/mol. The van der Waals surface area contributed by atoms with E-state index in [1.54, 1.807) is 40.6 Å². The maximum atomic E-state index is 5.41. The topological polar surface area (TPSA) is 61.6 Å². The van der Waals surface area contributed by atoms with Crippen molar-refractivity contribution in [3.05, 3.63) is 48.5 Å². The largest absolute Gasteiger partial charge is 0.496 e. The van der Waals surface area contributed by atoms with Crippen LogP contribution in [0.25, 0.3) is 10.8 Å². The van der Waals surface area contributed by atoms with Gasteiger partial charge in [0.2, 0.25) is 5.75 Å². The Hall–Kier alpha value is -3.28. The van der Waals surface area contributed by atoms with Crippen LogP contribution >= 0.6 is 0 Å². The van der Waals surface area contributed by atoms with Gasteiger partial charge < -0.3 is 18.9 Å². The minimum Gasteiger partial charge on any atom is -0.496 e. The summed E-state index contributed by atoms with van der Waals surface area (Å²) in [6, 6.07) is 15.2. The summed E-state index contributed by atoms with van der Waals surface area (Å²) >= 11 is 0. The van der Waals surface area contributed by atoms with E-state index in [1.807, 2.05) is 36.4 Å². The highest BCUT2D eigenvalue weighted by Gasteiger charge is 2.13. The van der Waals surface area contributed by atoms with Gasteiger partial charge in [0.05, 0.1) is 39.8 Å². The minimum atomic E-state index is 0.517. The third-order valence-electron chi connectivity index (χ3n) is 4.00. The first-order valence-corrected chi connectivity index (χ1v) is 7.99. The van der Waals surface area contributed by atoms with Gasteiger partial charge in [-0.2, -0.15) is 5.11 Å². The van der Waals surface area contributed by atoms with Gasteiger partial charge in [-0.1, -0.05) is 24.3 Å². The summed E-state index contributed by atoms with van der Waals surface area (Å²) in [5.41, 5.74) is 1.34. The van der Waals surface area contributed by atoms with Crippen LogP contribution in [0.3, 0.4) is 0 Å². The van der Waals surface area contributed by atoms with E-state index in [0.29, 0.717) is 22.9 Å². The van der Waals surface area contributed by atoms with Gasteiger partial charge in [-0.3, -0.25) is 0 Å². The predicted octanol–water partition coefficient (Wildman–Crippen LogP) is 5.29. The smallest absolute Gasteiger partial charge is 0.203 e. The summed E-state index contributed by atoms with van der Waals surface area (Å²) in [5, 5.41) is 10.7. The molecule has 134 valence electrons. The Morgan fingerprint density at radius 3 is 1.81 bits per heavy atom. The number of hydrogen-bond donors (Lipinski definition) is 0. The number of nitrogens with zero attached hydrogens (tertiary/aromatic N) is 2. The Bertz CT molecular complexity index is 929. The first-order chi connectivity index (χ1) is 12.7. The van der Waals surface area contributed by atoms with Crippen molar-refractivity contribution in [2.75, 3.05) is 28.4 Å². The van der Waals surface area contributed by atoms with Gasteiger partial charge >= 0.3 is 0 Å². The van der Waals surface area contributed by atoms with E-state index >= 15 is 0 Å². The molecule has 0 saturated heterocycles. The first kappa shape index (κ1) is 17.5. The monoisotopic (exact) mass is 352 g/mol. The molecule has 3 rings (SSSR count). The van der Waals surface area contributed by atoms with Crippen LogP contribution in [0.4, 0.5) is 11.4 Å². The van der Waals surface area contributed by atoms with Gasteiger partial charge in [-0.25, -0.2) is 0 Å². The first-order valence-electron chi connectivity index (χ1n) is 7.99. The number of benzene rings is 3. The van der Waals surface area contributed by atoms with Crippen molar-refractivity contribution in [3.63, 3.8) is 0 Å². The second kappa shape index (κ2) is 7.74. The van der Waals surface area contributed by atoms with E-state index in [2.05, 4.69) is 10.2 Å². The van der Waals surface area contributed by atoms with Gasteiger partial charge in [0, 0.05) is 22.9 Å². The van der Waals surface area contributed by atoms with E-state index < -0.39 is 0 Å². The quantitative estimate of drug-likeness (QED) is 0.566. The Balaban J connectivity index is 2.05. The van der Waals surface area contributed by atoms with Crippen molar-refractivity contribution in [3.8, 4) is 23.0 Å². The van der Waals surface area contributed by atoms with Crippen LogP contribution in [0.5, 0.6) is 23.0 Å². The molecule has 0 aliphatic rings. The fourth-order valence-electron chi connectivity index (χ4n) is 2.76. The molecule has 0 atom stereocenters. The fraction of sp³-hybridized carbons (Fsp3) is 0.200. The maximum Gasteiger partial charge on any atom is 0.203 e. The van der Waals surface area contributed by atoms with Crippen molar-refractivity contribution in [1.29, 1.82) is 0 Å². The molecule has 0 aliphatic heterocycles. The number of methoxy groups -OCH3 is 4. The molecule has 6 nitrogen and oxygen atoms in total. The molecule has 0 aromatic heterocycles. The van der Waals surface area contributed by atoms with Crippen molar-refractivity contribution < 1.29 is 18.9 Å². The summed E-state index contributed by atoms with van der Waals surface area (Å²) in [4.78, 5) is 0. The zero-order chi connectivity index (χ0) is 18.5. The molecule has 3 aromatic rings. The molecule has 3 aromatic carbocycles. The van der Waals surface area contributed by atoms with Crippen LogP contribution < -0.4 is 18.9 Å². The third kappa shape index (κ3) is 3.26. The Morgan fingerprint density at radius 2 is 1.23 bits per heavy atom. The number of ether oxygens (including phenoxy) is 4. The van der Waals surface area contributed by atoms with Gasteiger partial charge in [0.25, 0.3) is 0 Å². The molecule has 6 heteroatoms. The van der Waals surface area contributed by atoms with Crippen molar-refractivity contribution >= 4 is 22.1 Å². The molecule has 0 radical (unpaired) electrons. The molecule has 0 spiro atoms. The lowest BCUT2D eigenvalue weighted by Crippen LogP contribution is -1.94. The van der Waals surface area contributed by atoms with E-state index in [0.717, 1.165) is 22.2 Å². The van der Waals surface area contributed by atoms with Crippen LogP contribution in [0.1, 0.15) is 0 Å². The zero-order valence-corrected chi connectivity index (χ0v) is 15.1. The molecule has 26 heavy (non-hydrogen) atoms. The maximum absolute atomic E-state index is 5.41. The lowest BCUT2D eigenvalue weighted by atomic mass is 10.1. The molecular formula is C20H20N2O4. The van der Waals surface area contributed by atoms with E-state index in [9.17, 15) is 0 Å². The summed E-state index contributed by atoms with van der Waals surface area (Å²) in [5.74, 6) is 2.37. The fourth-order valence-corrected chi connectivity index (χ4v) is 2.76. The number of azo groups is 1. The van der Waals surface area contributed by atoms with Crippen LogP contribution in [0, 0.1) is 0 Å². The van der Waals surface area contributed by atoms with Crippen molar-refractivity contribution in [2.24, 2.45) is 10.2 Å². The standard InChI is InChI=1S/C20H20N2O4/c1-23-17-10-9-16(14-7-5-6-8-15(14)17)22-21-13-11-18(24-2)20(26-4)19(12-13)25-3/h5-12H,1-4H3/b22-21+. The third-order valence-corrected chi connectivity index (χ3v) is 4.00. The van der Waals surface area contributed by atoms with Crippen LogP contribution in [-0.2, 0) is 0 Å². The highest BCUT2D eigenvalue weighted by atomic mass is 16.5. The average Bonchev–Trinajstić information content (AvgIpc) is 2.70. The summed E-state index contributed by atoms with van der Waals surface area (Å²) in [6.45, 7) is 0. The Kier molecular flexibility index (Phi) is 5.22. The lowest BCUT2D eigenvalue weighted by molar-refractivity contribution is 0.324. The SMILES string of the molecule is COc1cc(/N=N/c2ccc(OC)c3ccccc23)cc(OC)c1OC. The van der Waals surface area contributed by atoms with E-state index in [4.69, 9.17) is 18.9 Å². The normalized spacial score (nSPS) is 10.9. The molecule has 0 amide bonds. The highest BCUT2D eigenvalue weighted by molar-refractivity contribution is 5.96. The van der Waals surface area contributed by atoms with Crippen molar-refractivity contribution in [1.82, 2.24) is 0 Å². The van der Waals surface area contributed by atoms with Gasteiger partial charge in [0.1, 0.15) is 5.75 Å². The molecule has 0 bridgehead atoms. The molecule has 0 fully saturated rings. The molecule has 0 heterocycles. The molecule has 0 N–H and O–H groups in total. The van der Waals surface area contributed by atoms with Crippen LogP contribution in [0.2, 0.25) is 0 Å². The summed E-state index contributed by atoms with van der Waals surface area (Å²) in [6.07, 6.45) is 0. The highest BCUT2D eigenvalue weighted by Crippen LogP contribution is 2.41.